The van der Waals surface area contributed by atoms with E-state index < -0.39 is 23.5 Å². The van der Waals surface area contributed by atoms with Crippen molar-refractivity contribution < 1.29 is 68.5 Å². The Morgan fingerprint density at radius 1 is 0.714 bits per heavy atom. The number of rotatable bonds is 4. The van der Waals surface area contributed by atoms with E-state index in [1.54, 1.807) is 0 Å². The molecule has 0 atom stereocenters. The van der Waals surface area contributed by atoms with Crippen LogP contribution in [0.15, 0.2) is 0 Å². The van der Waals surface area contributed by atoms with Crippen LogP contribution < -0.4 is 0 Å². The summed E-state index contributed by atoms with van der Waals surface area (Å²) in [4.78, 5) is 40.2. The van der Waals surface area contributed by atoms with Crippen molar-refractivity contribution in [1.29, 1.82) is 0 Å². The van der Waals surface area contributed by atoms with Crippen LogP contribution >= 0.6 is 23.5 Å². The third-order valence-corrected chi connectivity index (χ3v) is 3.77. The predicted octanol–water partition coefficient (Wildman–Crippen LogP) is -0.697. The van der Waals surface area contributed by atoms with Gasteiger partial charge in [0.05, 0.1) is 0 Å². The maximum atomic E-state index is 10.4. The monoisotopic (exact) mass is 306 g/mol. The Kier molecular flexibility index (Phi) is 6.82. The van der Waals surface area contributed by atoms with E-state index in [1.165, 1.54) is 0 Å². The SMILES string of the molecule is O=P(O)(O)OP(=O)(O)OP(=O)(O)O.[Ti]. The molecule has 0 saturated heterocycles. The van der Waals surface area contributed by atoms with Crippen LogP contribution in [0.1, 0.15) is 0 Å². The Labute approximate surface area is 92.2 Å². The number of hydrogen-bond acceptors (Lipinski definition) is 5. The summed E-state index contributed by atoms with van der Waals surface area (Å²) in [6, 6.07) is 0. The molecule has 0 saturated carbocycles. The van der Waals surface area contributed by atoms with E-state index in [0.29, 0.717) is 0 Å². The van der Waals surface area contributed by atoms with Crippen molar-refractivity contribution in [1.82, 2.24) is 0 Å². The Balaban J connectivity index is 0. The minimum Gasteiger partial charge on any atom is -0.302 e. The van der Waals surface area contributed by atoms with Gasteiger partial charge < -0.3 is 24.5 Å². The summed E-state index contributed by atoms with van der Waals surface area (Å²) in [6.45, 7) is 0. The minimum atomic E-state index is -5.46. The zero-order chi connectivity index (χ0) is 10.9. The molecular formula is H5O10P3Ti. The van der Waals surface area contributed by atoms with Gasteiger partial charge in [0.15, 0.2) is 0 Å². The van der Waals surface area contributed by atoms with Crippen LogP contribution in [0.4, 0.5) is 0 Å². The third-order valence-electron chi connectivity index (χ3n) is 0.419. The number of hydrogen-bond donors (Lipinski definition) is 5. The molecule has 0 aliphatic rings. The van der Waals surface area contributed by atoms with Gasteiger partial charge in [-0.05, 0) is 0 Å². The maximum Gasteiger partial charge on any atom is 0.490 e. The fraction of sp³-hybridized carbons (Fsp3) is 0. The van der Waals surface area contributed by atoms with Gasteiger partial charge in [-0.2, -0.15) is 8.62 Å². The Morgan fingerprint density at radius 3 is 1.07 bits per heavy atom. The summed E-state index contributed by atoms with van der Waals surface area (Å²) in [7, 11) is -16.2. The van der Waals surface area contributed by atoms with Gasteiger partial charge in [-0.3, -0.25) is 0 Å². The van der Waals surface area contributed by atoms with Crippen molar-refractivity contribution in [3.8, 4) is 0 Å². The summed E-state index contributed by atoms with van der Waals surface area (Å²) >= 11 is 0. The molecule has 0 radical (unpaired) electrons. The smallest absolute Gasteiger partial charge is 0.302 e. The van der Waals surface area contributed by atoms with E-state index in [1.807, 2.05) is 0 Å². The molecule has 0 unspecified atom stereocenters. The summed E-state index contributed by atoms with van der Waals surface area (Å²) < 4.78 is 36.4. The van der Waals surface area contributed by atoms with Crippen molar-refractivity contribution in [2.45, 2.75) is 0 Å². The molecule has 5 N–H and O–H groups in total. The predicted molar refractivity (Wildman–Crippen MR) is 36.1 cm³/mol. The molecule has 14 heteroatoms. The largest absolute Gasteiger partial charge is 0.490 e. The molecule has 84 valence electrons. The maximum absolute atomic E-state index is 10.4. The van der Waals surface area contributed by atoms with Gasteiger partial charge in [0.1, 0.15) is 0 Å². The van der Waals surface area contributed by atoms with E-state index in [0.717, 1.165) is 0 Å². The fourth-order valence-corrected chi connectivity index (χ4v) is 2.82. The van der Waals surface area contributed by atoms with Crippen molar-refractivity contribution in [2.75, 3.05) is 0 Å². The zero-order valence-electron chi connectivity index (χ0n) is 6.12. The molecule has 0 aliphatic carbocycles. The van der Waals surface area contributed by atoms with Crippen LogP contribution in [0.25, 0.3) is 0 Å². The fourth-order valence-electron chi connectivity index (χ4n) is 0.284. The Bertz CT molecular complexity index is 277. The first kappa shape index (κ1) is 17.5. The van der Waals surface area contributed by atoms with Crippen molar-refractivity contribution in [3.05, 3.63) is 0 Å². The first-order valence-corrected chi connectivity index (χ1v) is 6.83. The molecule has 0 bridgehead atoms. The molecule has 10 nitrogen and oxygen atoms in total. The molecule has 0 spiro atoms. The third kappa shape index (κ3) is 11.2. The quantitative estimate of drug-likeness (QED) is 0.330. The van der Waals surface area contributed by atoms with Crippen LogP contribution in [0.5, 0.6) is 0 Å². The van der Waals surface area contributed by atoms with Gasteiger partial charge in [0.2, 0.25) is 0 Å². The molecule has 0 fully saturated rings. The summed E-state index contributed by atoms with van der Waals surface area (Å²) in [5.74, 6) is 0. The Morgan fingerprint density at radius 2 is 0.929 bits per heavy atom. The Hall–Kier alpha value is 1.12. The average molecular weight is 306 g/mol. The van der Waals surface area contributed by atoms with E-state index in [4.69, 9.17) is 24.5 Å². The van der Waals surface area contributed by atoms with Gasteiger partial charge in [0, 0.05) is 21.7 Å². The molecule has 0 aromatic carbocycles. The van der Waals surface area contributed by atoms with Gasteiger partial charge in [-0.25, -0.2) is 13.7 Å². The standard InChI is InChI=1S/H5O10P3.Ti/c1-11(2,3)9-13(7,8)10-12(4,5)6;/h(H,7,8)(H2,1,2,3)(H2,4,5,6);. The van der Waals surface area contributed by atoms with Crippen molar-refractivity contribution in [3.63, 3.8) is 0 Å². The molecule has 0 aromatic heterocycles. The van der Waals surface area contributed by atoms with E-state index in [-0.39, 0.29) is 21.7 Å². The second-order valence-corrected chi connectivity index (χ2v) is 5.82. The van der Waals surface area contributed by atoms with Crippen molar-refractivity contribution >= 4 is 23.5 Å². The first-order chi connectivity index (χ1) is 5.41. The van der Waals surface area contributed by atoms with Crippen LogP contribution in [0.2, 0.25) is 0 Å². The molecule has 0 heterocycles. The van der Waals surface area contributed by atoms with Gasteiger partial charge in [0.25, 0.3) is 0 Å². The minimum absolute atomic E-state index is 0. The van der Waals surface area contributed by atoms with Crippen LogP contribution in [-0.4, -0.2) is 24.5 Å². The van der Waals surface area contributed by atoms with Crippen molar-refractivity contribution in [2.24, 2.45) is 0 Å². The van der Waals surface area contributed by atoms with Crippen LogP contribution in [0.3, 0.4) is 0 Å². The van der Waals surface area contributed by atoms with Crippen LogP contribution in [0, 0.1) is 0 Å². The molecule has 0 aliphatic heterocycles. The zero-order valence-corrected chi connectivity index (χ0v) is 10.4. The van der Waals surface area contributed by atoms with Gasteiger partial charge in [-0.15, -0.1) is 0 Å². The second kappa shape index (κ2) is 5.45. The van der Waals surface area contributed by atoms with Gasteiger partial charge in [-0.1, -0.05) is 0 Å². The summed E-state index contributed by atoms with van der Waals surface area (Å²) in [6.07, 6.45) is 0. The van der Waals surface area contributed by atoms with E-state index >= 15 is 0 Å². The number of phosphoric acid groups is 3. The van der Waals surface area contributed by atoms with Crippen LogP contribution in [-0.2, 0) is 44.0 Å². The molecular weight excluding hydrogens is 301 g/mol. The van der Waals surface area contributed by atoms with Gasteiger partial charge >= 0.3 is 23.5 Å². The average Bonchev–Trinajstić information content (AvgIpc) is 1.43. The topological polar surface area (TPSA) is 171 Å². The summed E-state index contributed by atoms with van der Waals surface area (Å²) in [5, 5.41) is 0. The van der Waals surface area contributed by atoms with E-state index in [9.17, 15) is 13.7 Å². The normalized spacial score (nSPS) is 13.5. The molecule has 0 rings (SSSR count). The molecule has 14 heavy (non-hydrogen) atoms. The second-order valence-electron chi connectivity index (χ2n) is 1.61. The first-order valence-electron chi connectivity index (χ1n) is 2.28. The molecule has 0 amide bonds. The molecule has 0 aromatic rings. The summed E-state index contributed by atoms with van der Waals surface area (Å²) in [5.41, 5.74) is 0. The van der Waals surface area contributed by atoms with E-state index in [2.05, 4.69) is 8.62 Å².